The van der Waals surface area contributed by atoms with E-state index in [-0.39, 0.29) is 24.2 Å². The minimum absolute atomic E-state index is 0.0606. The quantitative estimate of drug-likeness (QED) is 0.884. The molecule has 0 aliphatic heterocycles. The Hall–Kier alpha value is -2.89. The molecule has 1 aromatic carbocycles. The lowest BCUT2D eigenvalue weighted by Crippen LogP contribution is -2.35. The summed E-state index contributed by atoms with van der Waals surface area (Å²) in [6.07, 6.45) is 2.36. The molecule has 2 rings (SSSR count). The first kappa shape index (κ1) is 17.5. The molecule has 1 N–H and O–H groups in total. The molecular formula is C18H21N3O3. The van der Waals surface area contributed by atoms with E-state index in [2.05, 4.69) is 10.3 Å². The maximum Gasteiger partial charge on any atom is 0.259 e. The Morgan fingerprint density at radius 1 is 1.21 bits per heavy atom. The second-order valence-corrected chi connectivity index (χ2v) is 5.28. The highest BCUT2D eigenvalue weighted by Crippen LogP contribution is 2.17. The number of aromatic nitrogens is 1. The van der Waals surface area contributed by atoms with Crippen molar-refractivity contribution < 1.29 is 14.3 Å². The number of pyridine rings is 1. The van der Waals surface area contributed by atoms with Crippen LogP contribution in [0, 0.1) is 0 Å². The number of benzene rings is 1. The standard InChI is InChI=1S/C18H21N3O3/c1-4-13-8-5-6-10-15(13)20-16(22)12-21(2)18(23)14-9-7-11-19-17(14)24-3/h5-11H,4,12H2,1-3H3,(H,20,22). The molecule has 0 unspecified atom stereocenters. The number of likely N-dealkylation sites (N-methyl/N-ethyl adjacent to an activating group) is 1. The molecule has 2 aromatic rings. The van der Waals surface area contributed by atoms with Gasteiger partial charge in [-0.1, -0.05) is 25.1 Å². The number of carbonyl (C=O) groups excluding carboxylic acids is 2. The molecule has 6 nitrogen and oxygen atoms in total. The number of para-hydroxylation sites is 1. The van der Waals surface area contributed by atoms with Gasteiger partial charge in [-0.3, -0.25) is 9.59 Å². The highest BCUT2D eigenvalue weighted by molar-refractivity contribution is 6.00. The van der Waals surface area contributed by atoms with Crippen LogP contribution in [0.4, 0.5) is 5.69 Å². The van der Waals surface area contributed by atoms with Gasteiger partial charge in [-0.25, -0.2) is 4.98 Å². The number of rotatable bonds is 6. The van der Waals surface area contributed by atoms with Crippen molar-refractivity contribution in [2.75, 3.05) is 26.0 Å². The third-order valence-corrected chi connectivity index (χ3v) is 3.59. The largest absolute Gasteiger partial charge is 0.480 e. The molecule has 2 amide bonds. The lowest BCUT2D eigenvalue weighted by Gasteiger charge is -2.18. The fourth-order valence-corrected chi connectivity index (χ4v) is 2.35. The maximum atomic E-state index is 12.5. The zero-order valence-electron chi connectivity index (χ0n) is 14.1. The first-order chi connectivity index (χ1) is 11.6. The molecule has 0 aliphatic rings. The number of aryl methyl sites for hydroxylation is 1. The molecule has 0 fully saturated rings. The summed E-state index contributed by atoms with van der Waals surface area (Å²) < 4.78 is 5.09. The van der Waals surface area contributed by atoms with Gasteiger partial charge in [-0.2, -0.15) is 0 Å². The summed E-state index contributed by atoms with van der Waals surface area (Å²) in [7, 11) is 3.02. The second kappa shape index (κ2) is 8.10. The van der Waals surface area contributed by atoms with Crippen molar-refractivity contribution >= 4 is 17.5 Å². The molecule has 24 heavy (non-hydrogen) atoms. The van der Waals surface area contributed by atoms with E-state index >= 15 is 0 Å². The second-order valence-electron chi connectivity index (χ2n) is 5.28. The summed E-state index contributed by atoms with van der Waals surface area (Å²) in [4.78, 5) is 30.0. The van der Waals surface area contributed by atoms with Crippen LogP contribution in [0.5, 0.6) is 5.88 Å². The van der Waals surface area contributed by atoms with Crippen LogP contribution in [-0.4, -0.2) is 42.4 Å². The van der Waals surface area contributed by atoms with E-state index in [1.807, 2.05) is 31.2 Å². The summed E-state index contributed by atoms with van der Waals surface area (Å²) in [5, 5.41) is 2.85. The van der Waals surface area contributed by atoms with Crippen molar-refractivity contribution in [3.63, 3.8) is 0 Å². The van der Waals surface area contributed by atoms with Gasteiger partial charge in [0.05, 0.1) is 13.7 Å². The number of hydrogen-bond acceptors (Lipinski definition) is 4. The van der Waals surface area contributed by atoms with Gasteiger partial charge >= 0.3 is 0 Å². The van der Waals surface area contributed by atoms with Gasteiger partial charge in [-0.05, 0) is 30.2 Å². The molecule has 0 saturated carbocycles. The van der Waals surface area contributed by atoms with Gasteiger partial charge in [-0.15, -0.1) is 0 Å². The van der Waals surface area contributed by atoms with E-state index in [0.717, 1.165) is 17.7 Å². The van der Waals surface area contributed by atoms with Crippen molar-refractivity contribution in [2.24, 2.45) is 0 Å². The highest BCUT2D eigenvalue weighted by atomic mass is 16.5. The van der Waals surface area contributed by atoms with Crippen LogP contribution < -0.4 is 10.1 Å². The number of nitrogens with zero attached hydrogens (tertiary/aromatic N) is 2. The van der Waals surface area contributed by atoms with Crippen LogP contribution >= 0.6 is 0 Å². The number of carbonyl (C=O) groups is 2. The smallest absolute Gasteiger partial charge is 0.259 e. The lowest BCUT2D eigenvalue weighted by molar-refractivity contribution is -0.116. The average Bonchev–Trinajstić information content (AvgIpc) is 2.61. The van der Waals surface area contributed by atoms with Gasteiger partial charge in [0.25, 0.3) is 5.91 Å². The predicted molar refractivity (Wildman–Crippen MR) is 92.2 cm³/mol. The summed E-state index contributed by atoms with van der Waals surface area (Å²) in [5.41, 5.74) is 2.14. The Bertz CT molecular complexity index is 731. The first-order valence-corrected chi connectivity index (χ1v) is 7.69. The maximum absolute atomic E-state index is 12.5. The highest BCUT2D eigenvalue weighted by Gasteiger charge is 2.19. The molecule has 126 valence electrons. The van der Waals surface area contributed by atoms with E-state index in [4.69, 9.17) is 4.74 Å². The number of nitrogens with one attached hydrogen (secondary N) is 1. The fraction of sp³-hybridized carbons (Fsp3) is 0.278. The summed E-state index contributed by atoms with van der Waals surface area (Å²) in [5.74, 6) is -0.334. The number of hydrogen-bond donors (Lipinski definition) is 1. The summed E-state index contributed by atoms with van der Waals surface area (Å²) in [6, 6.07) is 10.9. The molecule has 0 radical (unpaired) electrons. The van der Waals surface area contributed by atoms with Crippen molar-refractivity contribution in [1.29, 1.82) is 0 Å². The third kappa shape index (κ3) is 4.10. The zero-order valence-corrected chi connectivity index (χ0v) is 14.1. The molecule has 6 heteroatoms. The SMILES string of the molecule is CCc1ccccc1NC(=O)CN(C)C(=O)c1cccnc1OC. The van der Waals surface area contributed by atoms with Gasteiger partial charge in [0.2, 0.25) is 11.8 Å². The Labute approximate surface area is 141 Å². The van der Waals surface area contributed by atoms with Crippen molar-refractivity contribution in [3.8, 4) is 5.88 Å². The van der Waals surface area contributed by atoms with Gasteiger partial charge in [0.15, 0.2) is 0 Å². The Morgan fingerprint density at radius 2 is 1.96 bits per heavy atom. The van der Waals surface area contributed by atoms with E-state index in [9.17, 15) is 9.59 Å². The Morgan fingerprint density at radius 3 is 2.67 bits per heavy atom. The molecule has 1 aromatic heterocycles. The van der Waals surface area contributed by atoms with Crippen LogP contribution in [0.15, 0.2) is 42.6 Å². The number of methoxy groups -OCH3 is 1. The van der Waals surface area contributed by atoms with Gasteiger partial charge in [0.1, 0.15) is 5.56 Å². The Kier molecular flexibility index (Phi) is 5.89. The molecule has 0 bridgehead atoms. The van der Waals surface area contributed by atoms with E-state index in [1.165, 1.54) is 12.0 Å². The van der Waals surface area contributed by atoms with E-state index < -0.39 is 0 Å². The first-order valence-electron chi connectivity index (χ1n) is 7.69. The Balaban J connectivity index is 2.04. The minimum Gasteiger partial charge on any atom is -0.480 e. The van der Waals surface area contributed by atoms with Crippen LogP contribution in [-0.2, 0) is 11.2 Å². The van der Waals surface area contributed by atoms with E-state index in [1.54, 1.807) is 25.4 Å². The predicted octanol–water partition coefficient (Wildman–Crippen LogP) is 2.36. The number of anilines is 1. The van der Waals surface area contributed by atoms with Crippen LogP contribution in [0.3, 0.4) is 0 Å². The van der Waals surface area contributed by atoms with E-state index in [0.29, 0.717) is 5.56 Å². The van der Waals surface area contributed by atoms with Gasteiger partial charge in [0, 0.05) is 18.9 Å². The van der Waals surface area contributed by atoms with Crippen LogP contribution in [0.2, 0.25) is 0 Å². The van der Waals surface area contributed by atoms with Crippen molar-refractivity contribution in [3.05, 3.63) is 53.7 Å². The average molecular weight is 327 g/mol. The monoisotopic (exact) mass is 327 g/mol. The molecule has 1 heterocycles. The van der Waals surface area contributed by atoms with Crippen LogP contribution in [0.25, 0.3) is 0 Å². The number of ether oxygens (including phenoxy) is 1. The van der Waals surface area contributed by atoms with Crippen molar-refractivity contribution in [1.82, 2.24) is 9.88 Å². The zero-order chi connectivity index (χ0) is 17.5. The lowest BCUT2D eigenvalue weighted by atomic mass is 10.1. The summed E-state index contributed by atoms with van der Waals surface area (Å²) in [6.45, 7) is 1.96. The molecule has 0 aliphatic carbocycles. The summed E-state index contributed by atoms with van der Waals surface area (Å²) >= 11 is 0. The molecule has 0 atom stereocenters. The fourth-order valence-electron chi connectivity index (χ4n) is 2.35. The van der Waals surface area contributed by atoms with Gasteiger partial charge < -0.3 is 15.0 Å². The number of amides is 2. The normalized spacial score (nSPS) is 10.1. The third-order valence-electron chi connectivity index (χ3n) is 3.59. The molecular weight excluding hydrogens is 306 g/mol. The topological polar surface area (TPSA) is 71.5 Å². The molecule has 0 saturated heterocycles. The minimum atomic E-state index is -0.320. The van der Waals surface area contributed by atoms with Crippen LogP contribution in [0.1, 0.15) is 22.8 Å². The van der Waals surface area contributed by atoms with Crippen molar-refractivity contribution in [2.45, 2.75) is 13.3 Å². The molecule has 0 spiro atoms.